The largest absolute Gasteiger partial charge is 0.377 e. The number of fused-ring (bicyclic) bond motifs is 1. The van der Waals surface area contributed by atoms with Crippen molar-refractivity contribution in [1.82, 2.24) is 30.3 Å². The Morgan fingerprint density at radius 3 is 2.64 bits per heavy atom. The highest BCUT2D eigenvalue weighted by Crippen LogP contribution is 2.16. The fourth-order valence-electron chi connectivity index (χ4n) is 3.86. The van der Waals surface area contributed by atoms with Gasteiger partial charge in [0.15, 0.2) is 11.8 Å². The summed E-state index contributed by atoms with van der Waals surface area (Å²) >= 11 is 0. The Bertz CT molecular complexity index is 601. The number of hydrogen-bond donors (Lipinski definition) is 2. The minimum Gasteiger partial charge on any atom is -0.377 e. The SMILES string of the molecule is CCC(CC)C(CNC(=NC)NC1CCc2nc(COC)nn2C1)N(C)C.I. The van der Waals surface area contributed by atoms with Crippen LogP contribution < -0.4 is 10.6 Å². The number of aliphatic imine (C=N–C) groups is 1. The molecule has 0 radical (unpaired) electrons. The molecule has 0 aromatic carbocycles. The van der Waals surface area contributed by atoms with Gasteiger partial charge in [-0.05, 0) is 26.4 Å². The lowest BCUT2D eigenvalue weighted by Gasteiger charge is -2.32. The molecule has 0 fully saturated rings. The van der Waals surface area contributed by atoms with E-state index in [9.17, 15) is 0 Å². The predicted molar refractivity (Wildman–Crippen MR) is 124 cm³/mol. The van der Waals surface area contributed by atoms with E-state index >= 15 is 0 Å². The van der Waals surface area contributed by atoms with Crippen LogP contribution in [0.15, 0.2) is 4.99 Å². The van der Waals surface area contributed by atoms with Gasteiger partial charge in [-0.3, -0.25) is 4.99 Å². The van der Waals surface area contributed by atoms with Crippen LogP contribution in [0.3, 0.4) is 0 Å². The van der Waals surface area contributed by atoms with Crippen LogP contribution in [0, 0.1) is 5.92 Å². The maximum atomic E-state index is 5.14. The Morgan fingerprint density at radius 2 is 2.07 bits per heavy atom. The van der Waals surface area contributed by atoms with Crippen LogP contribution in [0.5, 0.6) is 0 Å². The molecule has 0 bridgehead atoms. The fraction of sp³-hybridized carbons (Fsp3) is 0.842. The maximum absolute atomic E-state index is 5.14. The molecule has 2 rings (SSSR count). The van der Waals surface area contributed by atoms with Crippen molar-refractivity contribution in [1.29, 1.82) is 0 Å². The van der Waals surface area contributed by atoms with Gasteiger partial charge in [0.1, 0.15) is 12.4 Å². The molecule has 162 valence electrons. The van der Waals surface area contributed by atoms with Gasteiger partial charge in [-0.1, -0.05) is 26.7 Å². The Labute approximate surface area is 186 Å². The second-order valence-corrected chi connectivity index (χ2v) is 7.50. The number of ether oxygens (including phenoxy) is 1. The number of halogens is 1. The first-order chi connectivity index (χ1) is 13.0. The highest BCUT2D eigenvalue weighted by Gasteiger charge is 2.24. The highest BCUT2D eigenvalue weighted by atomic mass is 127. The summed E-state index contributed by atoms with van der Waals surface area (Å²) in [6.45, 7) is 6.69. The van der Waals surface area contributed by atoms with E-state index in [0.717, 1.165) is 43.5 Å². The number of guanidine groups is 1. The molecule has 1 aliphatic heterocycles. The molecule has 0 saturated carbocycles. The van der Waals surface area contributed by atoms with E-state index in [1.807, 2.05) is 11.7 Å². The van der Waals surface area contributed by atoms with Gasteiger partial charge >= 0.3 is 0 Å². The number of hydrogen-bond acceptors (Lipinski definition) is 5. The van der Waals surface area contributed by atoms with Crippen LogP contribution in [0.1, 0.15) is 44.8 Å². The number of aryl methyl sites for hydroxylation is 1. The number of likely N-dealkylation sites (N-methyl/N-ethyl adjacent to an activating group) is 1. The summed E-state index contributed by atoms with van der Waals surface area (Å²) in [5, 5.41) is 11.6. The molecule has 0 amide bonds. The third kappa shape index (κ3) is 6.84. The zero-order valence-corrected chi connectivity index (χ0v) is 20.6. The van der Waals surface area contributed by atoms with Crippen molar-refractivity contribution in [2.24, 2.45) is 10.9 Å². The minimum atomic E-state index is 0. The van der Waals surface area contributed by atoms with Crippen molar-refractivity contribution in [3.05, 3.63) is 11.6 Å². The summed E-state index contributed by atoms with van der Waals surface area (Å²) in [7, 11) is 7.82. The van der Waals surface area contributed by atoms with Crippen molar-refractivity contribution in [2.75, 3.05) is 34.8 Å². The lowest BCUT2D eigenvalue weighted by molar-refractivity contribution is 0.177. The van der Waals surface area contributed by atoms with Crippen LogP contribution in [0.4, 0.5) is 0 Å². The van der Waals surface area contributed by atoms with E-state index in [1.165, 1.54) is 12.8 Å². The first-order valence-corrected chi connectivity index (χ1v) is 10.1. The Kier molecular flexibility index (Phi) is 11.3. The van der Waals surface area contributed by atoms with E-state index in [1.54, 1.807) is 7.11 Å². The molecule has 2 unspecified atom stereocenters. The summed E-state index contributed by atoms with van der Waals surface area (Å²) in [4.78, 5) is 11.3. The lowest BCUT2D eigenvalue weighted by Crippen LogP contribution is -2.51. The first kappa shape index (κ1) is 25.1. The molecular weight excluding hydrogens is 469 g/mol. The summed E-state index contributed by atoms with van der Waals surface area (Å²) in [6, 6.07) is 0.787. The van der Waals surface area contributed by atoms with Crippen molar-refractivity contribution >= 4 is 29.9 Å². The van der Waals surface area contributed by atoms with Gasteiger partial charge in [-0.2, -0.15) is 5.10 Å². The van der Waals surface area contributed by atoms with E-state index < -0.39 is 0 Å². The number of methoxy groups -OCH3 is 1. The van der Waals surface area contributed by atoms with E-state index in [2.05, 4.69) is 58.6 Å². The van der Waals surface area contributed by atoms with Gasteiger partial charge < -0.3 is 20.3 Å². The molecule has 1 aliphatic rings. The summed E-state index contributed by atoms with van der Waals surface area (Å²) < 4.78 is 7.13. The summed E-state index contributed by atoms with van der Waals surface area (Å²) in [5.41, 5.74) is 0. The number of aromatic nitrogens is 3. The Balaban J connectivity index is 0.00000392. The monoisotopic (exact) mass is 507 g/mol. The molecule has 1 aromatic rings. The van der Waals surface area contributed by atoms with E-state index in [-0.39, 0.29) is 24.0 Å². The van der Waals surface area contributed by atoms with Gasteiger partial charge in [0, 0.05) is 39.2 Å². The zero-order chi connectivity index (χ0) is 19.8. The van der Waals surface area contributed by atoms with Gasteiger partial charge in [0.2, 0.25) is 0 Å². The number of nitrogens with zero attached hydrogens (tertiary/aromatic N) is 5. The summed E-state index contributed by atoms with van der Waals surface area (Å²) in [5.74, 6) is 3.34. The Hall–Kier alpha value is -0.940. The molecule has 9 heteroatoms. The van der Waals surface area contributed by atoms with Crippen molar-refractivity contribution in [3.8, 4) is 0 Å². The quantitative estimate of drug-likeness (QED) is 0.302. The molecule has 2 heterocycles. The van der Waals surface area contributed by atoms with Gasteiger partial charge in [-0.25, -0.2) is 9.67 Å². The van der Waals surface area contributed by atoms with Crippen LogP contribution in [-0.4, -0.2) is 72.5 Å². The van der Waals surface area contributed by atoms with Crippen LogP contribution in [-0.2, 0) is 24.3 Å². The number of nitrogens with one attached hydrogen (secondary N) is 2. The zero-order valence-electron chi connectivity index (χ0n) is 18.2. The van der Waals surface area contributed by atoms with Gasteiger partial charge in [0.05, 0.1) is 6.54 Å². The van der Waals surface area contributed by atoms with E-state index in [0.29, 0.717) is 24.6 Å². The van der Waals surface area contributed by atoms with Crippen molar-refractivity contribution in [2.45, 2.75) is 64.8 Å². The van der Waals surface area contributed by atoms with Crippen molar-refractivity contribution in [3.63, 3.8) is 0 Å². The highest BCUT2D eigenvalue weighted by molar-refractivity contribution is 14.0. The first-order valence-electron chi connectivity index (χ1n) is 10.1. The van der Waals surface area contributed by atoms with Crippen LogP contribution >= 0.6 is 24.0 Å². The normalized spacial score (nSPS) is 18.0. The van der Waals surface area contributed by atoms with Gasteiger partial charge in [-0.15, -0.1) is 24.0 Å². The molecule has 28 heavy (non-hydrogen) atoms. The predicted octanol–water partition coefficient (Wildman–Crippen LogP) is 1.89. The third-order valence-corrected chi connectivity index (χ3v) is 5.47. The second kappa shape index (κ2) is 12.6. The fourth-order valence-corrected chi connectivity index (χ4v) is 3.86. The topological polar surface area (TPSA) is 79.6 Å². The summed E-state index contributed by atoms with van der Waals surface area (Å²) in [6.07, 6.45) is 4.32. The average Bonchev–Trinajstić information content (AvgIpc) is 3.05. The lowest BCUT2D eigenvalue weighted by atomic mass is 9.93. The molecule has 0 saturated heterocycles. The molecule has 1 aromatic heterocycles. The average molecular weight is 507 g/mol. The van der Waals surface area contributed by atoms with Crippen LogP contribution in [0.25, 0.3) is 0 Å². The Morgan fingerprint density at radius 1 is 1.36 bits per heavy atom. The van der Waals surface area contributed by atoms with Crippen molar-refractivity contribution < 1.29 is 4.74 Å². The molecule has 2 N–H and O–H groups in total. The van der Waals surface area contributed by atoms with Gasteiger partial charge in [0.25, 0.3) is 0 Å². The minimum absolute atomic E-state index is 0. The maximum Gasteiger partial charge on any atom is 0.191 e. The smallest absolute Gasteiger partial charge is 0.191 e. The third-order valence-electron chi connectivity index (χ3n) is 5.47. The number of rotatable bonds is 9. The molecule has 0 spiro atoms. The molecule has 2 atom stereocenters. The van der Waals surface area contributed by atoms with Crippen LogP contribution in [0.2, 0.25) is 0 Å². The second-order valence-electron chi connectivity index (χ2n) is 7.50. The molecule has 0 aliphatic carbocycles. The molecule has 8 nitrogen and oxygen atoms in total. The van der Waals surface area contributed by atoms with E-state index in [4.69, 9.17) is 4.74 Å². The molecular formula is C19H38IN7O. The standard InChI is InChI=1S/C19H37N7O.HI/c1-7-14(8-2)16(25(4)5)11-21-19(20-3)22-15-9-10-18-23-17(13-27-6)24-26(18)12-15;/h14-16H,7-13H2,1-6H3,(H2,20,21,22);1H.